The minimum Gasteiger partial charge on any atom is -0.480 e. The predicted octanol–water partition coefficient (Wildman–Crippen LogP) is 1.09. The zero-order valence-corrected chi connectivity index (χ0v) is 13.3. The van der Waals surface area contributed by atoms with Crippen LogP contribution in [0.2, 0.25) is 0 Å². The number of nitrogens with zero attached hydrogens (tertiary/aromatic N) is 1. The lowest BCUT2D eigenvalue weighted by Crippen LogP contribution is -2.46. The Hall–Kier alpha value is -1.14. The van der Waals surface area contributed by atoms with Crippen LogP contribution in [0.5, 0.6) is 0 Å². The Morgan fingerprint density at radius 3 is 2.33 bits per heavy atom. The highest BCUT2D eigenvalue weighted by Crippen LogP contribution is 2.26. The monoisotopic (exact) mass is 300 g/mol. The normalized spacial score (nSPS) is 18.6. The number of carboxylic acids is 1. The van der Waals surface area contributed by atoms with Gasteiger partial charge >= 0.3 is 5.97 Å². The van der Waals surface area contributed by atoms with E-state index in [1.165, 1.54) is 0 Å². The molecule has 0 aromatic heterocycles. The molecule has 0 radical (unpaired) electrons. The number of amides is 1. The van der Waals surface area contributed by atoms with Gasteiger partial charge in [-0.2, -0.15) is 0 Å². The number of carbonyl (C=O) groups excluding carboxylic acids is 1. The lowest BCUT2D eigenvalue weighted by molar-refractivity contribution is -0.147. The fourth-order valence-corrected chi connectivity index (χ4v) is 2.70. The van der Waals surface area contributed by atoms with Crippen molar-refractivity contribution in [3.63, 3.8) is 0 Å². The number of nitrogens with two attached hydrogens (primary N) is 1. The topological polar surface area (TPSA) is 92.9 Å². The van der Waals surface area contributed by atoms with E-state index in [1.807, 2.05) is 4.90 Å². The molecule has 0 spiro atoms. The number of rotatable bonds is 6. The van der Waals surface area contributed by atoms with E-state index in [0.29, 0.717) is 32.5 Å². The van der Waals surface area contributed by atoms with E-state index in [-0.39, 0.29) is 30.0 Å². The zero-order chi connectivity index (χ0) is 16.0. The van der Waals surface area contributed by atoms with Gasteiger partial charge in [0.1, 0.15) is 6.61 Å². The van der Waals surface area contributed by atoms with Crippen molar-refractivity contribution in [2.24, 2.45) is 17.1 Å². The number of carbonyl (C=O) groups is 2. The van der Waals surface area contributed by atoms with Gasteiger partial charge in [0.05, 0.1) is 12.0 Å². The molecule has 3 N–H and O–H groups in total. The van der Waals surface area contributed by atoms with Gasteiger partial charge in [0, 0.05) is 19.6 Å². The summed E-state index contributed by atoms with van der Waals surface area (Å²) in [7, 11) is 0. The second-order valence-electron chi connectivity index (χ2n) is 6.93. The second-order valence-corrected chi connectivity index (χ2v) is 6.93. The average molecular weight is 300 g/mol. The number of aliphatic carboxylic acids is 1. The van der Waals surface area contributed by atoms with E-state index in [4.69, 9.17) is 15.6 Å². The van der Waals surface area contributed by atoms with Crippen LogP contribution < -0.4 is 5.73 Å². The Morgan fingerprint density at radius 1 is 1.33 bits per heavy atom. The third-order valence-corrected chi connectivity index (χ3v) is 3.69. The van der Waals surface area contributed by atoms with Crippen molar-refractivity contribution in [1.29, 1.82) is 0 Å². The first-order valence-corrected chi connectivity index (χ1v) is 7.55. The number of hydrogen-bond donors (Lipinski definition) is 2. The Labute approximate surface area is 126 Å². The molecule has 6 heteroatoms. The van der Waals surface area contributed by atoms with Crippen LogP contribution in [0.3, 0.4) is 0 Å². The minimum absolute atomic E-state index is 0.0657. The first kappa shape index (κ1) is 17.9. The molecule has 0 aromatic rings. The van der Waals surface area contributed by atoms with Gasteiger partial charge in [-0.25, -0.2) is 4.79 Å². The van der Waals surface area contributed by atoms with Crippen molar-refractivity contribution in [3.8, 4) is 0 Å². The molecule has 1 heterocycles. The third-order valence-electron chi connectivity index (χ3n) is 3.69. The molecule has 1 aliphatic heterocycles. The van der Waals surface area contributed by atoms with Crippen molar-refractivity contribution in [2.75, 3.05) is 26.2 Å². The summed E-state index contributed by atoms with van der Waals surface area (Å²) < 4.78 is 5.28. The van der Waals surface area contributed by atoms with E-state index in [2.05, 4.69) is 20.8 Å². The van der Waals surface area contributed by atoms with Crippen molar-refractivity contribution in [3.05, 3.63) is 0 Å². The fourth-order valence-electron chi connectivity index (χ4n) is 2.70. The Kier molecular flexibility index (Phi) is 6.61. The molecule has 1 amide bonds. The molecule has 122 valence electrons. The summed E-state index contributed by atoms with van der Waals surface area (Å²) in [5, 5.41) is 8.59. The summed E-state index contributed by atoms with van der Waals surface area (Å²) in [6.07, 6.45) is 2.08. The van der Waals surface area contributed by atoms with Crippen molar-refractivity contribution < 1.29 is 19.4 Å². The maximum atomic E-state index is 12.5. The molecule has 1 rings (SSSR count). The highest BCUT2D eigenvalue weighted by atomic mass is 16.5. The Balaban J connectivity index is 2.45. The summed E-state index contributed by atoms with van der Waals surface area (Å²) in [6, 6.07) is 0. The quantitative estimate of drug-likeness (QED) is 0.766. The van der Waals surface area contributed by atoms with Crippen LogP contribution in [0.1, 0.15) is 40.0 Å². The van der Waals surface area contributed by atoms with Gasteiger partial charge in [-0.15, -0.1) is 0 Å². The van der Waals surface area contributed by atoms with E-state index < -0.39 is 5.97 Å². The molecule has 6 nitrogen and oxygen atoms in total. The highest BCUT2D eigenvalue weighted by Gasteiger charge is 2.30. The van der Waals surface area contributed by atoms with Gasteiger partial charge in [0.2, 0.25) is 5.91 Å². The smallest absolute Gasteiger partial charge is 0.329 e. The lowest BCUT2D eigenvalue weighted by Gasteiger charge is -2.35. The number of ether oxygens (including phenoxy) is 1. The molecule has 21 heavy (non-hydrogen) atoms. The van der Waals surface area contributed by atoms with Crippen LogP contribution in [-0.2, 0) is 14.3 Å². The molecule has 0 aliphatic carbocycles. The molecular weight excluding hydrogens is 272 g/mol. The fraction of sp³-hybridized carbons (Fsp3) is 0.867. The van der Waals surface area contributed by atoms with Gasteiger partial charge in [-0.05, 0) is 24.7 Å². The van der Waals surface area contributed by atoms with Gasteiger partial charge in [-0.1, -0.05) is 20.8 Å². The summed E-state index contributed by atoms with van der Waals surface area (Å²) in [5.41, 5.74) is 5.83. The van der Waals surface area contributed by atoms with Gasteiger partial charge < -0.3 is 20.5 Å². The summed E-state index contributed by atoms with van der Waals surface area (Å²) in [6.45, 7) is 7.64. The molecule has 1 atom stereocenters. The van der Waals surface area contributed by atoms with Gasteiger partial charge in [0.25, 0.3) is 0 Å². The van der Waals surface area contributed by atoms with Crippen LogP contribution in [0, 0.1) is 11.3 Å². The molecular formula is C15H28N2O4. The maximum absolute atomic E-state index is 12.5. The molecule has 0 aromatic carbocycles. The first-order chi connectivity index (χ1) is 9.73. The standard InChI is InChI=1S/C15H28N2O4/c1-15(2,3)8-11(9-16)14(20)17-6-4-12(5-7-17)21-10-13(18)19/h11-12H,4-10,16H2,1-3H3,(H,18,19). The third kappa shape index (κ3) is 6.44. The van der Waals surface area contributed by atoms with E-state index in [0.717, 1.165) is 6.42 Å². The Morgan fingerprint density at radius 2 is 1.90 bits per heavy atom. The summed E-state index contributed by atoms with van der Waals surface area (Å²) in [5.74, 6) is -0.979. The number of carboxylic acid groups (broad SMARTS) is 1. The zero-order valence-electron chi connectivity index (χ0n) is 13.3. The number of piperidine rings is 1. The van der Waals surface area contributed by atoms with Crippen molar-refractivity contribution in [1.82, 2.24) is 4.90 Å². The summed E-state index contributed by atoms with van der Waals surface area (Å²) >= 11 is 0. The van der Waals surface area contributed by atoms with E-state index >= 15 is 0 Å². The van der Waals surface area contributed by atoms with Crippen molar-refractivity contribution in [2.45, 2.75) is 46.1 Å². The van der Waals surface area contributed by atoms with Crippen molar-refractivity contribution >= 4 is 11.9 Å². The maximum Gasteiger partial charge on any atom is 0.329 e. The SMILES string of the molecule is CC(C)(C)CC(CN)C(=O)N1CCC(OCC(=O)O)CC1. The van der Waals surface area contributed by atoms with Gasteiger partial charge in [-0.3, -0.25) is 4.79 Å². The Bertz CT molecular complexity index is 357. The number of hydrogen-bond acceptors (Lipinski definition) is 4. The van der Waals surface area contributed by atoms with Crippen LogP contribution in [0.15, 0.2) is 0 Å². The molecule has 1 unspecified atom stereocenters. The average Bonchev–Trinajstić information content (AvgIpc) is 2.41. The molecule has 1 aliphatic rings. The largest absolute Gasteiger partial charge is 0.480 e. The number of likely N-dealkylation sites (tertiary alicyclic amines) is 1. The van der Waals surface area contributed by atoms with Gasteiger partial charge in [0.15, 0.2) is 0 Å². The molecule has 0 saturated carbocycles. The van der Waals surface area contributed by atoms with E-state index in [1.54, 1.807) is 0 Å². The minimum atomic E-state index is -0.957. The molecule has 1 fully saturated rings. The lowest BCUT2D eigenvalue weighted by atomic mass is 9.84. The highest BCUT2D eigenvalue weighted by molar-refractivity contribution is 5.79. The second kappa shape index (κ2) is 7.75. The molecule has 1 saturated heterocycles. The molecule has 0 bridgehead atoms. The van der Waals surface area contributed by atoms with Crippen LogP contribution in [0.4, 0.5) is 0 Å². The van der Waals surface area contributed by atoms with Crippen LogP contribution in [0.25, 0.3) is 0 Å². The first-order valence-electron chi connectivity index (χ1n) is 7.55. The van der Waals surface area contributed by atoms with E-state index in [9.17, 15) is 9.59 Å². The van der Waals surface area contributed by atoms with Crippen LogP contribution >= 0.6 is 0 Å². The van der Waals surface area contributed by atoms with Crippen LogP contribution in [-0.4, -0.2) is 54.2 Å². The summed E-state index contributed by atoms with van der Waals surface area (Å²) in [4.78, 5) is 24.8. The predicted molar refractivity (Wildman–Crippen MR) is 79.8 cm³/mol.